The summed E-state index contributed by atoms with van der Waals surface area (Å²) in [5.74, 6) is -2.79. The average Bonchev–Trinajstić information content (AvgIpc) is 2.38. The van der Waals surface area contributed by atoms with E-state index >= 15 is 0 Å². The van der Waals surface area contributed by atoms with Crippen molar-refractivity contribution in [2.45, 2.75) is 13.3 Å². The van der Waals surface area contributed by atoms with Gasteiger partial charge < -0.3 is 0 Å². The number of hydroxylamine groups is 3. The van der Waals surface area contributed by atoms with Crippen molar-refractivity contribution in [3.8, 4) is 0 Å². The van der Waals surface area contributed by atoms with Crippen LogP contribution < -0.4 is 0 Å². The van der Waals surface area contributed by atoms with Gasteiger partial charge in [-0.25, -0.2) is 14.4 Å². The van der Waals surface area contributed by atoms with Gasteiger partial charge in [0.05, 0.1) is 0 Å². The first-order valence-electron chi connectivity index (χ1n) is 5.39. The smallest absolute Gasteiger partial charge is 0.240 e. The Balaban J connectivity index is 5.29. The molecule has 0 spiro atoms. The van der Waals surface area contributed by atoms with Crippen molar-refractivity contribution in [3.05, 3.63) is 38.0 Å². The fourth-order valence-corrected chi connectivity index (χ4v) is 0.990. The molecule has 0 aromatic heterocycles. The van der Waals surface area contributed by atoms with Gasteiger partial charge in [-0.3, -0.25) is 0 Å². The Kier molecular flexibility index (Phi) is 6.83. The van der Waals surface area contributed by atoms with Crippen molar-refractivity contribution in [2.24, 2.45) is 0 Å². The van der Waals surface area contributed by atoms with Crippen LogP contribution in [0.4, 0.5) is 0 Å². The van der Waals surface area contributed by atoms with E-state index in [1.54, 1.807) is 6.92 Å². The highest BCUT2D eigenvalue weighted by Gasteiger charge is 2.43. The summed E-state index contributed by atoms with van der Waals surface area (Å²) in [6.45, 7) is 11.2. The second kappa shape index (κ2) is 7.83. The van der Waals surface area contributed by atoms with E-state index in [0.29, 0.717) is 6.42 Å². The van der Waals surface area contributed by atoms with Gasteiger partial charge in [0.1, 0.15) is 0 Å². The molecule has 0 radical (unpaired) electrons. The third-order valence-corrected chi connectivity index (χ3v) is 1.68. The van der Waals surface area contributed by atoms with E-state index < -0.39 is 22.9 Å². The number of quaternary nitrogens is 1. The summed E-state index contributed by atoms with van der Waals surface area (Å²) in [6, 6.07) is 0. The minimum atomic E-state index is -1.39. The van der Waals surface area contributed by atoms with Crippen LogP contribution >= 0.6 is 0 Å². The summed E-state index contributed by atoms with van der Waals surface area (Å²) < 4.78 is 0. The lowest BCUT2D eigenvalue weighted by atomic mass is 10.5. The molecule has 0 aliphatic rings. The third kappa shape index (κ3) is 5.64. The fraction of sp³-hybridized carbons (Fsp3) is 0.250. The Morgan fingerprint density at radius 1 is 0.895 bits per heavy atom. The number of rotatable bonds is 8. The van der Waals surface area contributed by atoms with E-state index in [0.717, 1.165) is 18.2 Å². The van der Waals surface area contributed by atoms with E-state index in [1.165, 1.54) is 0 Å². The van der Waals surface area contributed by atoms with Gasteiger partial charge in [-0.15, -0.1) is 0 Å². The largest absolute Gasteiger partial charge is 0.401 e. The van der Waals surface area contributed by atoms with Crippen molar-refractivity contribution in [1.29, 1.82) is 0 Å². The molecule has 0 saturated carbocycles. The Morgan fingerprint density at radius 2 is 1.21 bits per heavy atom. The molecule has 0 aliphatic heterocycles. The highest BCUT2D eigenvalue weighted by atomic mass is 17.2. The molecular formula is C12H16NO6+. The quantitative estimate of drug-likeness (QED) is 0.374. The molecule has 0 N–H and O–H groups in total. The molecule has 0 aromatic rings. The molecule has 0 rings (SSSR count). The van der Waals surface area contributed by atoms with Gasteiger partial charge in [0.25, 0.3) is 0 Å². The number of nitrogens with zero attached hydrogens (tertiary/aromatic N) is 1. The minimum absolute atomic E-state index is 0.0985. The van der Waals surface area contributed by atoms with Crippen LogP contribution in [0.3, 0.4) is 0 Å². The Hall–Kier alpha value is -2.41. The first kappa shape index (κ1) is 16.6. The molecule has 0 amide bonds. The first-order chi connectivity index (χ1) is 8.92. The monoisotopic (exact) mass is 270 g/mol. The van der Waals surface area contributed by atoms with Crippen LogP contribution in [0, 0.1) is 0 Å². The second-order valence-electron chi connectivity index (χ2n) is 3.18. The van der Waals surface area contributed by atoms with Crippen LogP contribution in [-0.2, 0) is 28.9 Å². The molecule has 0 aliphatic carbocycles. The summed E-state index contributed by atoms with van der Waals surface area (Å²) >= 11 is 0. The highest BCUT2D eigenvalue weighted by molar-refractivity contribution is 5.82. The lowest BCUT2D eigenvalue weighted by Gasteiger charge is -2.24. The van der Waals surface area contributed by atoms with Gasteiger partial charge in [-0.2, -0.15) is 14.5 Å². The van der Waals surface area contributed by atoms with Crippen LogP contribution in [0.25, 0.3) is 0 Å². The van der Waals surface area contributed by atoms with Crippen molar-refractivity contribution in [1.82, 2.24) is 0 Å². The fourth-order valence-electron chi connectivity index (χ4n) is 0.990. The molecule has 104 valence electrons. The van der Waals surface area contributed by atoms with E-state index in [4.69, 9.17) is 14.5 Å². The summed E-state index contributed by atoms with van der Waals surface area (Å²) in [7, 11) is 0. The Bertz CT molecular complexity index is 346. The molecule has 0 heterocycles. The van der Waals surface area contributed by atoms with Crippen molar-refractivity contribution < 1.29 is 33.9 Å². The zero-order valence-electron chi connectivity index (χ0n) is 10.7. The minimum Gasteiger partial charge on any atom is -0.240 e. The lowest BCUT2D eigenvalue weighted by molar-refractivity contribution is -1.34. The second-order valence-corrected chi connectivity index (χ2v) is 3.18. The molecule has 7 heteroatoms. The zero-order chi connectivity index (χ0) is 14.9. The van der Waals surface area contributed by atoms with Gasteiger partial charge >= 0.3 is 17.9 Å². The Labute approximate surface area is 110 Å². The van der Waals surface area contributed by atoms with Crippen molar-refractivity contribution in [2.75, 3.05) is 6.54 Å². The maximum atomic E-state index is 11.3. The highest BCUT2D eigenvalue weighted by Crippen LogP contribution is 2.15. The van der Waals surface area contributed by atoms with Crippen LogP contribution in [-0.4, -0.2) is 29.4 Å². The standard InChI is InChI=1S/C12H16NO6/c1-5-9-13(17-10(14)6-2,18-11(15)7-3)19-12(16)8-4/h6-8H,2-5,9H2,1H3/q+1. The van der Waals surface area contributed by atoms with Gasteiger partial charge in [-0.1, -0.05) is 26.7 Å². The van der Waals surface area contributed by atoms with Crippen LogP contribution in [0.15, 0.2) is 38.0 Å². The van der Waals surface area contributed by atoms with Crippen LogP contribution in [0.5, 0.6) is 0 Å². The molecule has 7 nitrogen and oxygen atoms in total. The topological polar surface area (TPSA) is 78.9 Å². The summed E-state index contributed by atoms with van der Waals surface area (Å²) in [6.07, 6.45) is 2.91. The van der Waals surface area contributed by atoms with E-state index in [9.17, 15) is 14.4 Å². The van der Waals surface area contributed by atoms with Gasteiger partial charge in [-0.05, 0) is 0 Å². The third-order valence-electron chi connectivity index (χ3n) is 1.68. The van der Waals surface area contributed by atoms with Crippen molar-refractivity contribution >= 4 is 17.9 Å². The van der Waals surface area contributed by atoms with E-state index in [2.05, 4.69) is 19.7 Å². The van der Waals surface area contributed by atoms with Gasteiger partial charge in [0, 0.05) is 24.6 Å². The molecule has 0 bridgehead atoms. The van der Waals surface area contributed by atoms with Crippen LogP contribution in [0.2, 0.25) is 0 Å². The number of hydrogen-bond acceptors (Lipinski definition) is 6. The number of carbonyl (C=O) groups is 3. The lowest BCUT2D eigenvalue weighted by Crippen LogP contribution is -2.51. The molecule has 0 fully saturated rings. The molecule has 0 aromatic carbocycles. The maximum Gasteiger partial charge on any atom is 0.401 e. The summed E-state index contributed by atoms with van der Waals surface area (Å²) in [5, 5.41) is 0. The predicted molar refractivity (Wildman–Crippen MR) is 64.3 cm³/mol. The zero-order valence-corrected chi connectivity index (χ0v) is 10.7. The molecule has 0 saturated heterocycles. The van der Waals surface area contributed by atoms with E-state index in [-0.39, 0.29) is 6.54 Å². The van der Waals surface area contributed by atoms with E-state index in [1.807, 2.05) is 0 Å². The number of carbonyl (C=O) groups excluding carboxylic acids is 3. The molecule has 0 atom stereocenters. The van der Waals surface area contributed by atoms with Gasteiger partial charge in [0.15, 0.2) is 0 Å². The maximum absolute atomic E-state index is 11.3. The summed E-state index contributed by atoms with van der Waals surface area (Å²) in [4.78, 5) is 46.7. The first-order valence-corrected chi connectivity index (χ1v) is 5.39. The normalized spacial score (nSPS) is 9.95. The van der Waals surface area contributed by atoms with Gasteiger partial charge in [0.2, 0.25) is 11.5 Å². The van der Waals surface area contributed by atoms with Crippen molar-refractivity contribution in [3.63, 3.8) is 0 Å². The molecule has 19 heavy (non-hydrogen) atoms. The van der Waals surface area contributed by atoms with Crippen LogP contribution in [0.1, 0.15) is 13.3 Å². The predicted octanol–water partition coefficient (Wildman–Crippen LogP) is 1.15. The number of hydrogen-bond donors (Lipinski definition) is 0. The summed E-state index contributed by atoms with van der Waals surface area (Å²) in [5.41, 5.74) is 0. The SMILES string of the molecule is C=CC(=O)O[N+](CCC)(OC(=O)C=C)OC(=O)C=C. The molecular weight excluding hydrogens is 254 g/mol. The molecule has 0 unspecified atom stereocenters. The Morgan fingerprint density at radius 3 is 1.42 bits per heavy atom. The average molecular weight is 270 g/mol.